The summed E-state index contributed by atoms with van der Waals surface area (Å²) in [6.07, 6.45) is 0. The monoisotopic (exact) mass is 381 g/mol. The van der Waals surface area contributed by atoms with E-state index in [1.807, 2.05) is 32.6 Å². The Morgan fingerprint density at radius 3 is 2.52 bits per heavy atom. The van der Waals surface area contributed by atoms with Gasteiger partial charge in [0, 0.05) is 31.7 Å². The van der Waals surface area contributed by atoms with Gasteiger partial charge in [-0.15, -0.1) is 0 Å². The summed E-state index contributed by atoms with van der Waals surface area (Å²) in [5, 5.41) is 14.5. The van der Waals surface area contributed by atoms with Gasteiger partial charge < -0.3 is 19.7 Å². The molecule has 1 saturated heterocycles. The number of nitro groups is 1. The van der Waals surface area contributed by atoms with Crippen LogP contribution in [0.25, 0.3) is 0 Å². The standard InChI is InChI=1S/C13H17N3O4.C5H10O2/c1-9-8-14-5-6-15(9)11-4-3-10(13(17)20-2)7-12(11)16(18)19;1-5(2,3)7-4-6/h3-4,7,9,14H,5-6,8H2,1-2H3;4H,1-3H3. The molecule has 0 amide bonds. The number of nitro benzene ring substituents is 1. The number of carbonyl (C=O) groups excluding carboxylic acids is 2. The Kier molecular flexibility index (Phi) is 8.17. The zero-order valence-electron chi connectivity index (χ0n) is 16.4. The molecule has 150 valence electrons. The van der Waals surface area contributed by atoms with E-state index in [9.17, 15) is 19.7 Å². The molecule has 0 saturated carbocycles. The van der Waals surface area contributed by atoms with Crippen molar-refractivity contribution in [2.24, 2.45) is 0 Å². The van der Waals surface area contributed by atoms with Gasteiger partial charge in [0.1, 0.15) is 11.3 Å². The second-order valence-corrected chi connectivity index (χ2v) is 7.03. The molecule has 1 heterocycles. The van der Waals surface area contributed by atoms with Crippen LogP contribution in [0.3, 0.4) is 0 Å². The topological polar surface area (TPSA) is 111 Å². The number of nitrogens with zero attached hydrogens (tertiary/aromatic N) is 2. The van der Waals surface area contributed by atoms with E-state index in [-0.39, 0.29) is 22.9 Å². The number of benzene rings is 1. The minimum absolute atomic E-state index is 0.0679. The summed E-state index contributed by atoms with van der Waals surface area (Å²) in [6, 6.07) is 4.61. The molecule has 1 aromatic rings. The van der Waals surface area contributed by atoms with E-state index in [0.29, 0.717) is 18.7 Å². The van der Waals surface area contributed by atoms with E-state index in [2.05, 4.69) is 14.8 Å². The molecule has 0 aromatic heterocycles. The molecule has 0 spiro atoms. The van der Waals surface area contributed by atoms with E-state index >= 15 is 0 Å². The lowest BCUT2D eigenvalue weighted by Gasteiger charge is -2.35. The number of hydrogen-bond donors (Lipinski definition) is 1. The quantitative estimate of drug-likeness (QED) is 0.365. The number of anilines is 1. The third kappa shape index (κ3) is 6.86. The van der Waals surface area contributed by atoms with Gasteiger partial charge in [-0.05, 0) is 39.8 Å². The molecular formula is C18H27N3O6. The molecule has 1 aromatic carbocycles. The van der Waals surface area contributed by atoms with Crippen molar-refractivity contribution in [2.75, 3.05) is 31.6 Å². The highest BCUT2D eigenvalue weighted by molar-refractivity contribution is 5.91. The lowest BCUT2D eigenvalue weighted by molar-refractivity contribution is -0.384. The highest BCUT2D eigenvalue weighted by atomic mass is 16.6. The Morgan fingerprint density at radius 1 is 1.41 bits per heavy atom. The van der Waals surface area contributed by atoms with E-state index < -0.39 is 10.9 Å². The minimum atomic E-state index is -0.576. The van der Waals surface area contributed by atoms with Gasteiger partial charge in [0.25, 0.3) is 12.2 Å². The normalized spacial score (nSPS) is 16.6. The number of carbonyl (C=O) groups is 2. The SMILES string of the molecule is CC(C)(C)OC=O.COC(=O)c1ccc(N2CCNCC2C)c([N+](=O)[O-])c1. The first kappa shape index (κ1) is 22.4. The molecule has 1 aliphatic heterocycles. The molecule has 1 fully saturated rings. The van der Waals surface area contributed by atoms with Crippen LogP contribution in [0.5, 0.6) is 0 Å². The number of hydrogen-bond acceptors (Lipinski definition) is 8. The van der Waals surface area contributed by atoms with Gasteiger partial charge in [-0.3, -0.25) is 14.9 Å². The average Bonchev–Trinajstić information content (AvgIpc) is 2.60. The molecule has 27 heavy (non-hydrogen) atoms. The second kappa shape index (κ2) is 9.86. The van der Waals surface area contributed by atoms with Gasteiger partial charge in [0.05, 0.1) is 17.6 Å². The summed E-state index contributed by atoms with van der Waals surface area (Å²) in [7, 11) is 1.25. The van der Waals surface area contributed by atoms with Crippen LogP contribution < -0.4 is 10.2 Å². The maximum absolute atomic E-state index is 11.5. The van der Waals surface area contributed by atoms with Gasteiger partial charge in [0.2, 0.25) is 0 Å². The largest absolute Gasteiger partial charge is 0.465 e. The van der Waals surface area contributed by atoms with Crippen LogP contribution in [0.15, 0.2) is 18.2 Å². The molecule has 1 N–H and O–H groups in total. The van der Waals surface area contributed by atoms with Gasteiger partial charge >= 0.3 is 5.97 Å². The van der Waals surface area contributed by atoms with Gasteiger partial charge in [-0.1, -0.05) is 0 Å². The molecule has 0 radical (unpaired) electrons. The van der Waals surface area contributed by atoms with Crippen molar-refractivity contribution in [3.63, 3.8) is 0 Å². The number of esters is 1. The van der Waals surface area contributed by atoms with Crippen molar-refractivity contribution >= 4 is 23.8 Å². The van der Waals surface area contributed by atoms with Crippen LogP contribution in [0.2, 0.25) is 0 Å². The molecule has 1 aliphatic rings. The van der Waals surface area contributed by atoms with E-state index in [1.54, 1.807) is 12.1 Å². The minimum Gasteiger partial charge on any atom is -0.465 e. The summed E-state index contributed by atoms with van der Waals surface area (Å²) in [4.78, 5) is 33.8. The van der Waals surface area contributed by atoms with Crippen molar-refractivity contribution in [1.82, 2.24) is 5.32 Å². The first-order chi connectivity index (χ1) is 12.6. The van der Waals surface area contributed by atoms with Crippen molar-refractivity contribution in [1.29, 1.82) is 0 Å². The molecule has 1 unspecified atom stereocenters. The molecular weight excluding hydrogens is 354 g/mol. The molecule has 1 atom stereocenters. The zero-order valence-corrected chi connectivity index (χ0v) is 16.4. The summed E-state index contributed by atoms with van der Waals surface area (Å²) >= 11 is 0. The van der Waals surface area contributed by atoms with E-state index in [4.69, 9.17) is 0 Å². The third-order valence-corrected chi connectivity index (χ3v) is 3.81. The van der Waals surface area contributed by atoms with Gasteiger partial charge in [-0.2, -0.15) is 0 Å². The highest BCUT2D eigenvalue weighted by Crippen LogP contribution is 2.31. The fourth-order valence-electron chi connectivity index (χ4n) is 2.50. The number of ether oxygens (including phenoxy) is 2. The smallest absolute Gasteiger partial charge is 0.338 e. The lowest BCUT2D eigenvalue weighted by Crippen LogP contribution is -2.50. The van der Waals surface area contributed by atoms with Crippen molar-refractivity contribution in [3.8, 4) is 0 Å². The van der Waals surface area contributed by atoms with Gasteiger partial charge in [-0.25, -0.2) is 4.79 Å². The van der Waals surface area contributed by atoms with Crippen LogP contribution in [-0.2, 0) is 14.3 Å². The van der Waals surface area contributed by atoms with E-state index in [1.165, 1.54) is 13.2 Å². The zero-order chi connectivity index (χ0) is 20.6. The molecule has 9 heteroatoms. The van der Waals surface area contributed by atoms with Crippen LogP contribution in [0.1, 0.15) is 38.1 Å². The Morgan fingerprint density at radius 2 is 2.07 bits per heavy atom. The third-order valence-electron chi connectivity index (χ3n) is 3.81. The summed E-state index contributed by atoms with van der Waals surface area (Å²) < 4.78 is 9.14. The second-order valence-electron chi connectivity index (χ2n) is 7.03. The molecule has 0 aliphatic carbocycles. The fourth-order valence-corrected chi connectivity index (χ4v) is 2.50. The van der Waals surface area contributed by atoms with Crippen LogP contribution >= 0.6 is 0 Å². The van der Waals surface area contributed by atoms with Gasteiger partial charge in [0.15, 0.2) is 0 Å². The predicted molar refractivity (Wildman–Crippen MR) is 101 cm³/mol. The first-order valence-corrected chi connectivity index (χ1v) is 8.56. The van der Waals surface area contributed by atoms with E-state index in [0.717, 1.165) is 13.1 Å². The highest BCUT2D eigenvalue weighted by Gasteiger charge is 2.26. The maximum atomic E-state index is 11.5. The van der Waals surface area contributed by atoms with Crippen molar-refractivity contribution in [2.45, 2.75) is 39.3 Å². The van der Waals surface area contributed by atoms with Crippen LogP contribution in [-0.4, -0.2) is 55.8 Å². The molecule has 0 bridgehead atoms. The molecule has 2 rings (SSSR count). The first-order valence-electron chi connectivity index (χ1n) is 8.56. The van der Waals surface area contributed by atoms with Crippen LogP contribution in [0, 0.1) is 10.1 Å². The Labute approximate surface area is 158 Å². The van der Waals surface area contributed by atoms with Crippen LogP contribution in [0.4, 0.5) is 11.4 Å². The maximum Gasteiger partial charge on any atom is 0.338 e. The number of piperazine rings is 1. The van der Waals surface area contributed by atoms with Crippen molar-refractivity contribution in [3.05, 3.63) is 33.9 Å². The predicted octanol–water partition coefficient (Wildman–Crippen LogP) is 2.14. The van der Waals surface area contributed by atoms with Crippen molar-refractivity contribution < 1.29 is 24.0 Å². The fraction of sp³-hybridized carbons (Fsp3) is 0.556. The average molecular weight is 381 g/mol. The Hall–Kier alpha value is -2.68. The lowest BCUT2D eigenvalue weighted by atomic mass is 10.1. The number of nitrogens with one attached hydrogen (secondary N) is 1. The summed E-state index contributed by atoms with van der Waals surface area (Å²) in [6.45, 7) is 10.2. The number of rotatable bonds is 4. The number of methoxy groups -OCH3 is 1. The molecule has 9 nitrogen and oxygen atoms in total. The Bertz CT molecular complexity index is 672. The Balaban J connectivity index is 0.000000445. The summed E-state index contributed by atoms with van der Waals surface area (Å²) in [5.41, 5.74) is 0.339. The summed E-state index contributed by atoms with van der Waals surface area (Å²) in [5.74, 6) is -0.576.